The van der Waals surface area contributed by atoms with E-state index in [9.17, 15) is 9.90 Å². The standard InChI is InChI=1S/C20H29NO2.C7H9N.C5H10/c1-7-10-20(21-14(4)22)13(3)18(5)11-19(20,6)17-12(2)16(23)9-8-15(17)18;8-6-7-4-2-1-3-5-7;1-2-5-3-4-5/h8-9,13,23H,7,10-11H2,1-6H3,(H,21,22);1-5H,6,8H2;5H,2-4H2,1H3. The molecular formula is C32H48N2O2. The number of benzene rings is 2. The molecule has 1 amide bonds. The molecule has 3 aliphatic rings. The molecule has 2 fully saturated rings. The first-order chi connectivity index (χ1) is 17.0. The number of nitrogens with two attached hydrogens (primary N) is 1. The number of fused-ring (bicyclic) bond motifs is 5. The summed E-state index contributed by atoms with van der Waals surface area (Å²) in [6.45, 7) is 15.6. The van der Waals surface area contributed by atoms with Gasteiger partial charge in [0.15, 0.2) is 0 Å². The van der Waals surface area contributed by atoms with Crippen LogP contribution in [-0.4, -0.2) is 16.6 Å². The minimum Gasteiger partial charge on any atom is -0.508 e. The van der Waals surface area contributed by atoms with Gasteiger partial charge in [-0.3, -0.25) is 4.79 Å². The summed E-state index contributed by atoms with van der Waals surface area (Å²) < 4.78 is 0. The lowest BCUT2D eigenvalue weighted by atomic mass is 9.58. The molecule has 0 radical (unpaired) electrons. The number of nitrogens with one attached hydrogen (secondary N) is 1. The minimum absolute atomic E-state index is 0.0418. The highest BCUT2D eigenvalue weighted by atomic mass is 16.3. The van der Waals surface area contributed by atoms with Gasteiger partial charge in [0.2, 0.25) is 5.91 Å². The van der Waals surface area contributed by atoms with Gasteiger partial charge in [0.25, 0.3) is 0 Å². The van der Waals surface area contributed by atoms with Crippen molar-refractivity contribution in [2.24, 2.45) is 17.6 Å². The van der Waals surface area contributed by atoms with Crippen LogP contribution in [0.1, 0.15) is 102 Å². The highest BCUT2D eigenvalue weighted by molar-refractivity contribution is 5.75. The number of phenolic OH excluding ortho intramolecular Hbond substituents is 1. The summed E-state index contributed by atoms with van der Waals surface area (Å²) in [4.78, 5) is 12.1. The monoisotopic (exact) mass is 492 g/mol. The Morgan fingerprint density at radius 1 is 1.11 bits per heavy atom. The lowest BCUT2D eigenvalue weighted by Crippen LogP contribution is -2.63. The average molecular weight is 493 g/mol. The molecule has 4 atom stereocenters. The molecule has 0 spiro atoms. The van der Waals surface area contributed by atoms with E-state index in [1.807, 2.05) is 43.3 Å². The zero-order chi connectivity index (χ0) is 26.7. The van der Waals surface area contributed by atoms with Gasteiger partial charge in [-0.1, -0.05) is 96.7 Å². The summed E-state index contributed by atoms with van der Waals surface area (Å²) in [6, 6.07) is 13.9. The zero-order valence-corrected chi connectivity index (χ0v) is 23.6. The quantitative estimate of drug-likeness (QED) is 0.425. The van der Waals surface area contributed by atoms with E-state index in [4.69, 9.17) is 5.73 Å². The molecule has 36 heavy (non-hydrogen) atoms. The summed E-state index contributed by atoms with van der Waals surface area (Å²) >= 11 is 0. The van der Waals surface area contributed by atoms with Crippen LogP contribution in [0, 0.1) is 18.8 Å². The van der Waals surface area contributed by atoms with Gasteiger partial charge < -0.3 is 16.2 Å². The van der Waals surface area contributed by atoms with Crippen molar-refractivity contribution in [1.82, 2.24) is 5.32 Å². The number of rotatable bonds is 5. The van der Waals surface area contributed by atoms with Gasteiger partial charge in [-0.15, -0.1) is 0 Å². The Bertz CT molecular complexity index is 1050. The van der Waals surface area contributed by atoms with Crippen LogP contribution >= 0.6 is 0 Å². The van der Waals surface area contributed by atoms with Crippen molar-refractivity contribution in [3.63, 3.8) is 0 Å². The van der Waals surface area contributed by atoms with Crippen LogP contribution in [0.15, 0.2) is 42.5 Å². The molecule has 0 aromatic heterocycles. The topological polar surface area (TPSA) is 75.3 Å². The molecular weight excluding hydrogens is 444 g/mol. The molecule has 2 aromatic carbocycles. The summed E-state index contributed by atoms with van der Waals surface area (Å²) in [7, 11) is 0. The molecule has 198 valence electrons. The molecule has 5 rings (SSSR count). The summed E-state index contributed by atoms with van der Waals surface area (Å²) in [5.41, 5.74) is 9.80. The molecule has 2 aromatic rings. The number of aromatic hydroxyl groups is 1. The number of hydrogen-bond donors (Lipinski definition) is 3. The zero-order valence-electron chi connectivity index (χ0n) is 23.6. The maximum Gasteiger partial charge on any atom is 0.217 e. The van der Waals surface area contributed by atoms with Crippen molar-refractivity contribution in [3.8, 4) is 5.75 Å². The molecule has 4 nitrogen and oxygen atoms in total. The fraction of sp³-hybridized carbons (Fsp3) is 0.594. The second-order valence-corrected chi connectivity index (χ2v) is 11.7. The molecule has 3 aliphatic carbocycles. The minimum atomic E-state index is -0.242. The first-order valence-electron chi connectivity index (χ1n) is 13.9. The SMILES string of the molecule is CCC1CC1.CCCC1(NC(C)=O)C(C)C2(C)CC1(C)c1c2ccc(O)c1C.NCc1ccccc1. The lowest BCUT2D eigenvalue weighted by Gasteiger charge is -2.52. The van der Waals surface area contributed by atoms with E-state index in [2.05, 4.69) is 46.0 Å². The van der Waals surface area contributed by atoms with Gasteiger partial charge in [-0.25, -0.2) is 0 Å². The fourth-order valence-corrected chi connectivity index (χ4v) is 7.24. The van der Waals surface area contributed by atoms with E-state index >= 15 is 0 Å². The van der Waals surface area contributed by atoms with Gasteiger partial charge in [0.05, 0.1) is 5.54 Å². The Labute approximate surface area is 219 Å². The Morgan fingerprint density at radius 3 is 2.19 bits per heavy atom. The van der Waals surface area contributed by atoms with Gasteiger partial charge in [-0.05, 0) is 65.3 Å². The predicted molar refractivity (Wildman–Crippen MR) is 150 cm³/mol. The normalized spacial score (nSPS) is 29.4. The van der Waals surface area contributed by atoms with Crippen LogP contribution in [0.3, 0.4) is 0 Å². The lowest BCUT2D eigenvalue weighted by molar-refractivity contribution is -0.122. The first-order valence-corrected chi connectivity index (χ1v) is 13.9. The van der Waals surface area contributed by atoms with E-state index < -0.39 is 0 Å². The van der Waals surface area contributed by atoms with Crippen molar-refractivity contribution in [3.05, 3.63) is 64.7 Å². The third-order valence-electron chi connectivity index (χ3n) is 9.40. The smallest absolute Gasteiger partial charge is 0.217 e. The van der Waals surface area contributed by atoms with Crippen molar-refractivity contribution in [2.45, 2.75) is 110 Å². The summed E-state index contributed by atoms with van der Waals surface area (Å²) in [6.07, 6.45) is 7.46. The maximum atomic E-state index is 12.1. The van der Waals surface area contributed by atoms with Crippen LogP contribution in [0.5, 0.6) is 5.75 Å². The summed E-state index contributed by atoms with van der Waals surface area (Å²) in [5, 5.41) is 13.6. The highest BCUT2D eigenvalue weighted by Gasteiger charge is 2.70. The van der Waals surface area contributed by atoms with Crippen LogP contribution in [0.4, 0.5) is 0 Å². The number of hydrogen-bond acceptors (Lipinski definition) is 3. The van der Waals surface area contributed by atoms with Crippen LogP contribution in [-0.2, 0) is 22.2 Å². The van der Waals surface area contributed by atoms with E-state index in [-0.39, 0.29) is 22.3 Å². The predicted octanol–water partition coefficient (Wildman–Crippen LogP) is 6.90. The summed E-state index contributed by atoms with van der Waals surface area (Å²) in [5.74, 6) is 1.90. The number of carbonyl (C=O) groups is 1. The Morgan fingerprint density at radius 2 is 1.75 bits per heavy atom. The molecule has 0 heterocycles. The third-order valence-corrected chi connectivity index (χ3v) is 9.40. The van der Waals surface area contributed by atoms with Gasteiger partial charge >= 0.3 is 0 Å². The van der Waals surface area contributed by atoms with E-state index in [0.29, 0.717) is 18.2 Å². The maximum absolute atomic E-state index is 12.1. The molecule has 2 bridgehead atoms. The molecule has 2 saturated carbocycles. The van der Waals surface area contributed by atoms with Crippen molar-refractivity contribution in [2.75, 3.05) is 0 Å². The van der Waals surface area contributed by atoms with Crippen LogP contribution in [0.2, 0.25) is 0 Å². The van der Waals surface area contributed by atoms with Crippen LogP contribution < -0.4 is 11.1 Å². The second-order valence-electron chi connectivity index (χ2n) is 11.7. The fourth-order valence-electron chi connectivity index (χ4n) is 7.24. The molecule has 0 saturated heterocycles. The number of carbonyl (C=O) groups excluding carboxylic acids is 1. The number of amides is 1. The van der Waals surface area contributed by atoms with Crippen molar-refractivity contribution < 1.29 is 9.90 Å². The van der Waals surface area contributed by atoms with E-state index in [0.717, 1.165) is 30.7 Å². The van der Waals surface area contributed by atoms with Crippen LogP contribution in [0.25, 0.3) is 0 Å². The molecule has 0 aliphatic heterocycles. The van der Waals surface area contributed by atoms with E-state index in [1.54, 1.807) is 6.92 Å². The molecule has 4 heteroatoms. The van der Waals surface area contributed by atoms with Crippen molar-refractivity contribution in [1.29, 1.82) is 0 Å². The highest BCUT2D eigenvalue weighted by Crippen LogP contribution is 2.69. The van der Waals surface area contributed by atoms with Gasteiger partial charge in [0, 0.05) is 18.9 Å². The molecule has 4 unspecified atom stereocenters. The second kappa shape index (κ2) is 11.0. The largest absolute Gasteiger partial charge is 0.508 e. The van der Waals surface area contributed by atoms with E-state index in [1.165, 1.54) is 36.0 Å². The van der Waals surface area contributed by atoms with Crippen molar-refractivity contribution >= 4 is 5.91 Å². The van der Waals surface area contributed by atoms with Gasteiger partial charge in [-0.2, -0.15) is 0 Å². The Balaban J connectivity index is 0.000000225. The Kier molecular flexibility index (Phi) is 8.60. The average Bonchev–Trinajstić information content (AvgIpc) is 3.63. The molecule has 4 N–H and O–H groups in total. The third kappa shape index (κ3) is 4.94. The van der Waals surface area contributed by atoms with Gasteiger partial charge in [0.1, 0.15) is 5.75 Å². The number of phenols is 1. The first kappa shape index (κ1) is 28.2. The Hall–Kier alpha value is -2.33.